The zero-order valence-corrected chi connectivity index (χ0v) is 31.9. The van der Waals surface area contributed by atoms with Crippen LogP contribution in [0.5, 0.6) is 0 Å². The highest BCUT2D eigenvalue weighted by Crippen LogP contribution is 2.49. The van der Waals surface area contributed by atoms with Gasteiger partial charge in [0.2, 0.25) is 0 Å². The second kappa shape index (κ2) is 13.4. The van der Waals surface area contributed by atoms with E-state index in [1.807, 2.05) is 18.2 Å². The topological polar surface area (TPSA) is 38.9 Å². The van der Waals surface area contributed by atoms with Crippen LogP contribution in [-0.2, 0) is 0 Å². The molecule has 2 heterocycles. The Labute approximate surface area is 341 Å². The molecule has 0 saturated heterocycles. The van der Waals surface area contributed by atoms with E-state index in [9.17, 15) is 0 Å². The third-order valence-electron chi connectivity index (χ3n) is 11.8. The second-order valence-electron chi connectivity index (χ2n) is 15.3. The molecule has 3 heteroatoms. The Morgan fingerprint density at radius 3 is 1.58 bits per heavy atom. The van der Waals surface area contributed by atoms with Crippen LogP contribution in [0.3, 0.4) is 0 Å². The van der Waals surface area contributed by atoms with Gasteiger partial charge in [-0.25, -0.2) is 9.97 Å². The molecule has 0 fully saturated rings. The fourth-order valence-corrected chi connectivity index (χ4v) is 8.98. The summed E-state index contributed by atoms with van der Waals surface area (Å²) in [5.41, 5.74) is 18.5. The van der Waals surface area contributed by atoms with E-state index >= 15 is 0 Å². The molecular weight excluding hydrogens is 717 g/mol. The lowest BCUT2D eigenvalue weighted by Crippen LogP contribution is -1.97. The van der Waals surface area contributed by atoms with Crippen LogP contribution in [0.25, 0.3) is 122 Å². The van der Waals surface area contributed by atoms with Crippen LogP contribution in [0.4, 0.5) is 0 Å². The van der Waals surface area contributed by atoms with Crippen LogP contribution in [0.1, 0.15) is 0 Å². The number of rotatable bonds is 6. The van der Waals surface area contributed by atoms with Crippen LogP contribution in [0.15, 0.2) is 211 Å². The van der Waals surface area contributed by atoms with Gasteiger partial charge < -0.3 is 4.42 Å². The minimum Gasteiger partial charge on any atom is -0.456 e. The number of aromatic nitrogens is 2. The zero-order chi connectivity index (χ0) is 38.9. The molecule has 0 amide bonds. The summed E-state index contributed by atoms with van der Waals surface area (Å²) >= 11 is 0. The van der Waals surface area contributed by atoms with Crippen LogP contribution < -0.4 is 0 Å². The summed E-state index contributed by atoms with van der Waals surface area (Å²) in [7, 11) is 0. The number of hydrogen-bond donors (Lipinski definition) is 0. The SMILES string of the molecule is c1ccc(-c2ccc(-c3cc(-c4ccc5oc6ccccc6c5c4)cc(-c4cc(-c5ccc6c7c(cccc57)-c5ccccc5-6)nc(-c5ccccc5)n4)c3)cc2)cc1. The molecule has 0 aliphatic heterocycles. The first-order chi connectivity index (χ1) is 29.2. The van der Waals surface area contributed by atoms with E-state index in [0.29, 0.717) is 5.82 Å². The minimum absolute atomic E-state index is 0.690. The Balaban J connectivity index is 1.07. The average molecular weight is 751 g/mol. The zero-order valence-electron chi connectivity index (χ0n) is 31.9. The molecule has 0 radical (unpaired) electrons. The van der Waals surface area contributed by atoms with E-state index in [-0.39, 0.29) is 0 Å². The van der Waals surface area contributed by atoms with E-state index in [2.05, 4.69) is 188 Å². The fraction of sp³-hybridized carbons (Fsp3) is 0. The summed E-state index contributed by atoms with van der Waals surface area (Å²) in [6.07, 6.45) is 0. The lowest BCUT2D eigenvalue weighted by molar-refractivity contribution is 0.669. The number of hydrogen-bond acceptors (Lipinski definition) is 3. The summed E-state index contributed by atoms with van der Waals surface area (Å²) in [6, 6.07) is 73.4. The van der Waals surface area contributed by atoms with Crippen LogP contribution in [0, 0.1) is 0 Å². The predicted octanol–water partition coefficient (Wildman–Crippen LogP) is 15.2. The van der Waals surface area contributed by atoms with Gasteiger partial charge in [-0.2, -0.15) is 0 Å². The second-order valence-corrected chi connectivity index (χ2v) is 15.3. The predicted molar refractivity (Wildman–Crippen MR) is 244 cm³/mol. The van der Waals surface area contributed by atoms with Crippen molar-refractivity contribution in [3.8, 4) is 89.5 Å². The third kappa shape index (κ3) is 5.59. The number of benzene rings is 9. The van der Waals surface area contributed by atoms with E-state index < -0.39 is 0 Å². The van der Waals surface area contributed by atoms with Crippen molar-refractivity contribution in [1.82, 2.24) is 9.97 Å². The first-order valence-electron chi connectivity index (χ1n) is 20.1. The van der Waals surface area contributed by atoms with Crippen molar-refractivity contribution in [1.29, 1.82) is 0 Å². The molecule has 12 rings (SSSR count). The summed E-state index contributed by atoms with van der Waals surface area (Å²) in [5.74, 6) is 0.690. The van der Waals surface area contributed by atoms with Crippen molar-refractivity contribution in [3.63, 3.8) is 0 Å². The van der Waals surface area contributed by atoms with E-state index in [1.165, 1.54) is 44.2 Å². The Bertz CT molecular complexity index is 3390. The molecule has 0 atom stereocenters. The highest BCUT2D eigenvalue weighted by molar-refractivity contribution is 6.18. The largest absolute Gasteiger partial charge is 0.456 e. The first kappa shape index (κ1) is 33.3. The van der Waals surface area contributed by atoms with Crippen LogP contribution in [-0.4, -0.2) is 9.97 Å². The first-order valence-corrected chi connectivity index (χ1v) is 20.1. The Morgan fingerprint density at radius 2 is 0.797 bits per heavy atom. The number of furan rings is 1. The quantitative estimate of drug-likeness (QED) is 0.170. The van der Waals surface area contributed by atoms with Crippen molar-refractivity contribution in [3.05, 3.63) is 206 Å². The molecule has 0 unspecified atom stereocenters. The van der Waals surface area contributed by atoms with Crippen molar-refractivity contribution in [2.24, 2.45) is 0 Å². The number of nitrogens with zero attached hydrogens (tertiary/aromatic N) is 2. The molecule has 0 saturated carbocycles. The average Bonchev–Trinajstić information content (AvgIpc) is 3.85. The van der Waals surface area contributed by atoms with E-state index in [1.54, 1.807) is 0 Å². The van der Waals surface area contributed by atoms with Gasteiger partial charge in [-0.3, -0.25) is 0 Å². The van der Waals surface area contributed by atoms with Gasteiger partial charge in [0.1, 0.15) is 11.2 Å². The maximum Gasteiger partial charge on any atom is 0.160 e. The lowest BCUT2D eigenvalue weighted by Gasteiger charge is -2.15. The summed E-state index contributed by atoms with van der Waals surface area (Å²) in [5, 5.41) is 4.67. The molecule has 59 heavy (non-hydrogen) atoms. The maximum absolute atomic E-state index is 6.24. The summed E-state index contributed by atoms with van der Waals surface area (Å²) in [6.45, 7) is 0. The van der Waals surface area contributed by atoms with Crippen molar-refractivity contribution in [2.75, 3.05) is 0 Å². The van der Waals surface area contributed by atoms with Crippen LogP contribution >= 0.6 is 0 Å². The van der Waals surface area contributed by atoms with Gasteiger partial charge in [0.25, 0.3) is 0 Å². The van der Waals surface area contributed by atoms with Gasteiger partial charge in [-0.1, -0.05) is 164 Å². The van der Waals surface area contributed by atoms with Gasteiger partial charge in [0.05, 0.1) is 11.4 Å². The van der Waals surface area contributed by atoms with Gasteiger partial charge in [-0.05, 0) is 109 Å². The van der Waals surface area contributed by atoms with Crippen molar-refractivity contribution < 1.29 is 4.42 Å². The smallest absolute Gasteiger partial charge is 0.160 e. The lowest BCUT2D eigenvalue weighted by atomic mass is 9.92. The molecule has 0 N–H and O–H groups in total. The van der Waals surface area contributed by atoms with Gasteiger partial charge in [-0.15, -0.1) is 0 Å². The van der Waals surface area contributed by atoms with Gasteiger partial charge >= 0.3 is 0 Å². The molecule has 1 aliphatic rings. The maximum atomic E-state index is 6.24. The third-order valence-corrected chi connectivity index (χ3v) is 11.8. The molecule has 274 valence electrons. The van der Waals surface area contributed by atoms with Gasteiger partial charge in [0.15, 0.2) is 5.82 Å². The molecule has 3 nitrogen and oxygen atoms in total. The monoisotopic (exact) mass is 750 g/mol. The molecule has 0 bridgehead atoms. The molecule has 11 aromatic rings. The highest BCUT2D eigenvalue weighted by atomic mass is 16.3. The normalized spacial score (nSPS) is 11.7. The van der Waals surface area contributed by atoms with Gasteiger partial charge in [0, 0.05) is 27.5 Å². The standard InChI is InChI=1S/C56H34N2O/c1-3-12-35(13-4-1)36-22-24-37(25-23-36)40-30-41(39-26-29-54-50(33-39)46-18-9-10-21-53(46)59-54)32-42(31-40)51-34-52(58-56(57-51)38-14-5-2-6-15-38)45-27-28-49-44-17-8-7-16-43(44)47-19-11-20-48(45)55(47)49/h1-34H. The highest BCUT2D eigenvalue weighted by Gasteiger charge is 2.23. The van der Waals surface area contributed by atoms with Crippen molar-refractivity contribution >= 4 is 32.7 Å². The molecule has 2 aromatic heterocycles. The molecule has 9 aromatic carbocycles. The Kier molecular flexibility index (Phi) is 7.54. The summed E-state index contributed by atoms with van der Waals surface area (Å²) in [4.78, 5) is 10.7. The van der Waals surface area contributed by atoms with Crippen molar-refractivity contribution in [2.45, 2.75) is 0 Å². The van der Waals surface area contributed by atoms with E-state index in [4.69, 9.17) is 14.4 Å². The Morgan fingerprint density at radius 1 is 0.271 bits per heavy atom. The molecular formula is C56H34N2O. The minimum atomic E-state index is 0.690. The van der Waals surface area contributed by atoms with Crippen LogP contribution in [0.2, 0.25) is 0 Å². The number of fused-ring (bicyclic) bond motifs is 6. The molecule has 0 spiro atoms. The fourth-order valence-electron chi connectivity index (χ4n) is 8.98. The Hall–Kier alpha value is -7.88. The summed E-state index contributed by atoms with van der Waals surface area (Å²) < 4.78 is 6.24. The van der Waals surface area contributed by atoms with E-state index in [0.717, 1.165) is 72.3 Å². The number of para-hydroxylation sites is 1. The molecule has 1 aliphatic carbocycles.